The third kappa shape index (κ3) is 6.62. The topological polar surface area (TPSA) is 88.7 Å². The number of hydrogen-bond donors (Lipinski definition) is 3. The van der Waals surface area contributed by atoms with Crippen LogP contribution >= 0.6 is 15.9 Å². The van der Waals surface area contributed by atoms with Crippen LogP contribution in [0.25, 0.3) is 0 Å². The molecule has 0 saturated heterocycles. The molecule has 31 heavy (non-hydrogen) atoms. The summed E-state index contributed by atoms with van der Waals surface area (Å²) in [5.41, 5.74) is 0.992. The van der Waals surface area contributed by atoms with Crippen LogP contribution in [0.1, 0.15) is 52.6 Å². The van der Waals surface area contributed by atoms with Crippen LogP contribution in [-0.2, 0) is 4.74 Å². The highest BCUT2D eigenvalue weighted by Crippen LogP contribution is 2.40. The van der Waals surface area contributed by atoms with E-state index in [9.17, 15) is 9.59 Å². The maximum Gasteiger partial charge on any atom is 0.412 e. The van der Waals surface area contributed by atoms with E-state index in [0.29, 0.717) is 23.5 Å². The Bertz CT molecular complexity index is 968. The summed E-state index contributed by atoms with van der Waals surface area (Å²) in [6.07, 6.45) is 0.0332. The normalized spacial score (nSPS) is 17.0. The van der Waals surface area contributed by atoms with Gasteiger partial charge in [-0.3, -0.25) is 5.32 Å². The Morgan fingerprint density at radius 3 is 2.35 bits per heavy atom. The molecule has 1 aliphatic heterocycles. The molecule has 2 aromatic rings. The van der Waals surface area contributed by atoms with Crippen molar-refractivity contribution >= 4 is 39.4 Å². The highest BCUT2D eigenvalue weighted by Gasteiger charge is 2.35. The number of benzene rings is 2. The van der Waals surface area contributed by atoms with Gasteiger partial charge in [-0.1, -0.05) is 15.9 Å². The third-order valence-corrected chi connectivity index (χ3v) is 5.05. The molecule has 3 amide bonds. The fraction of sp³-hybridized carbons (Fsp3) is 0.391. The first-order valence-corrected chi connectivity index (χ1v) is 10.9. The molecule has 8 heteroatoms. The van der Waals surface area contributed by atoms with Crippen molar-refractivity contribution in [2.75, 3.05) is 10.6 Å². The van der Waals surface area contributed by atoms with Gasteiger partial charge in [-0.05, 0) is 77.1 Å². The van der Waals surface area contributed by atoms with Gasteiger partial charge in [0.15, 0.2) is 0 Å². The quantitative estimate of drug-likeness (QED) is 0.477. The zero-order valence-corrected chi connectivity index (χ0v) is 19.9. The minimum Gasteiger partial charge on any atom is -0.487 e. The molecule has 3 rings (SSSR count). The van der Waals surface area contributed by atoms with Gasteiger partial charge in [0.25, 0.3) is 0 Å². The lowest BCUT2D eigenvalue weighted by molar-refractivity contribution is 0.0631. The number of urea groups is 1. The zero-order valence-electron chi connectivity index (χ0n) is 18.3. The number of carbonyl (C=O) groups is 2. The minimum atomic E-state index is -0.597. The Hall–Kier alpha value is -2.74. The van der Waals surface area contributed by atoms with E-state index >= 15 is 0 Å². The van der Waals surface area contributed by atoms with E-state index < -0.39 is 17.3 Å². The Morgan fingerprint density at radius 2 is 1.71 bits per heavy atom. The van der Waals surface area contributed by atoms with Gasteiger partial charge in [0.05, 0.1) is 6.04 Å². The predicted octanol–water partition coefficient (Wildman–Crippen LogP) is 6.22. The molecule has 3 N–H and O–H groups in total. The molecular formula is C23H28BrN3O4. The van der Waals surface area contributed by atoms with Crippen LogP contribution in [0.2, 0.25) is 0 Å². The standard InChI is InChI=1S/C23H28BrN3O4/c1-22(2,3)31-21(29)26-16-10-11-19-17(12-16)18(13-23(4,5)30-19)27-20(28)25-15-8-6-14(24)7-9-15/h6-12,18H,13H2,1-5H3,(H,26,29)(H2,25,27,28)/t18-/m1/s1. The summed E-state index contributed by atoms with van der Waals surface area (Å²) in [5, 5.41) is 8.61. The Labute approximate surface area is 191 Å². The van der Waals surface area contributed by atoms with Crippen LogP contribution < -0.4 is 20.7 Å². The number of carbonyl (C=O) groups excluding carboxylic acids is 2. The molecule has 1 aliphatic rings. The van der Waals surface area contributed by atoms with Crippen molar-refractivity contribution < 1.29 is 19.1 Å². The number of amides is 3. The van der Waals surface area contributed by atoms with Crippen molar-refractivity contribution in [3.63, 3.8) is 0 Å². The number of ether oxygens (including phenoxy) is 2. The Kier molecular flexibility index (Phi) is 6.50. The first kappa shape index (κ1) is 22.9. The predicted molar refractivity (Wildman–Crippen MR) is 125 cm³/mol. The molecule has 0 saturated carbocycles. The summed E-state index contributed by atoms with van der Waals surface area (Å²) < 4.78 is 12.3. The van der Waals surface area contributed by atoms with Gasteiger partial charge >= 0.3 is 12.1 Å². The van der Waals surface area contributed by atoms with Gasteiger partial charge < -0.3 is 20.1 Å². The van der Waals surface area contributed by atoms with Gasteiger partial charge in [-0.25, -0.2) is 9.59 Å². The van der Waals surface area contributed by atoms with Crippen molar-refractivity contribution in [3.05, 3.63) is 52.5 Å². The first-order valence-electron chi connectivity index (χ1n) is 10.1. The van der Waals surface area contributed by atoms with Crippen molar-refractivity contribution in [1.82, 2.24) is 5.32 Å². The zero-order chi connectivity index (χ0) is 22.8. The summed E-state index contributed by atoms with van der Waals surface area (Å²) in [6, 6.07) is 12.1. The highest BCUT2D eigenvalue weighted by atomic mass is 79.9. The molecule has 0 aromatic heterocycles. The monoisotopic (exact) mass is 489 g/mol. The summed E-state index contributed by atoms with van der Waals surface area (Å²) in [5.74, 6) is 0.667. The average molecular weight is 490 g/mol. The Balaban J connectivity index is 1.77. The highest BCUT2D eigenvalue weighted by molar-refractivity contribution is 9.10. The number of hydrogen-bond acceptors (Lipinski definition) is 4. The van der Waals surface area contributed by atoms with Crippen molar-refractivity contribution in [2.45, 2.75) is 58.3 Å². The Morgan fingerprint density at radius 1 is 1.06 bits per heavy atom. The second-order valence-corrected chi connectivity index (χ2v) is 10.0. The van der Waals surface area contributed by atoms with Crippen molar-refractivity contribution in [3.8, 4) is 5.75 Å². The van der Waals surface area contributed by atoms with Crippen LogP contribution in [-0.4, -0.2) is 23.3 Å². The number of anilines is 2. The van der Waals surface area contributed by atoms with Gasteiger partial charge in [-0.2, -0.15) is 0 Å². The molecular weight excluding hydrogens is 462 g/mol. The third-order valence-electron chi connectivity index (χ3n) is 4.52. The van der Waals surface area contributed by atoms with Crippen LogP contribution in [0, 0.1) is 0 Å². The van der Waals surface area contributed by atoms with Crippen molar-refractivity contribution in [1.29, 1.82) is 0 Å². The van der Waals surface area contributed by atoms with Crippen LogP contribution in [0.4, 0.5) is 21.0 Å². The minimum absolute atomic E-state index is 0.297. The van der Waals surface area contributed by atoms with E-state index in [4.69, 9.17) is 9.47 Å². The number of halogens is 1. The second kappa shape index (κ2) is 8.78. The molecule has 1 atom stereocenters. The van der Waals surface area contributed by atoms with Gasteiger partial charge in [0.1, 0.15) is 17.0 Å². The molecule has 1 heterocycles. The number of rotatable bonds is 3. The lowest BCUT2D eigenvalue weighted by Crippen LogP contribution is -2.42. The average Bonchev–Trinajstić information content (AvgIpc) is 2.62. The molecule has 0 fully saturated rings. The van der Waals surface area contributed by atoms with E-state index in [-0.39, 0.29) is 12.1 Å². The molecule has 166 valence electrons. The lowest BCUT2D eigenvalue weighted by Gasteiger charge is -2.38. The van der Waals surface area contributed by atoms with E-state index in [1.54, 1.807) is 39.0 Å². The molecule has 7 nitrogen and oxygen atoms in total. The van der Waals surface area contributed by atoms with Gasteiger partial charge in [0, 0.05) is 27.8 Å². The van der Waals surface area contributed by atoms with E-state index in [1.165, 1.54) is 0 Å². The molecule has 0 bridgehead atoms. The van der Waals surface area contributed by atoms with Crippen LogP contribution in [0.15, 0.2) is 46.9 Å². The van der Waals surface area contributed by atoms with E-state index in [0.717, 1.165) is 10.0 Å². The number of fused-ring (bicyclic) bond motifs is 1. The first-order chi connectivity index (χ1) is 14.4. The van der Waals surface area contributed by atoms with E-state index in [2.05, 4.69) is 31.9 Å². The molecule has 2 aromatic carbocycles. The molecule has 0 unspecified atom stereocenters. The fourth-order valence-corrected chi connectivity index (χ4v) is 3.61. The maximum atomic E-state index is 12.6. The SMILES string of the molecule is CC(C)(C)OC(=O)Nc1ccc2c(c1)[C@H](NC(=O)Nc1ccc(Br)cc1)CC(C)(C)O2. The summed E-state index contributed by atoms with van der Waals surface area (Å²) in [6.45, 7) is 9.37. The molecule has 0 spiro atoms. The molecule has 0 aliphatic carbocycles. The summed E-state index contributed by atoms with van der Waals surface area (Å²) in [4.78, 5) is 24.8. The summed E-state index contributed by atoms with van der Waals surface area (Å²) in [7, 11) is 0. The van der Waals surface area contributed by atoms with Crippen LogP contribution in [0.3, 0.4) is 0 Å². The summed E-state index contributed by atoms with van der Waals surface area (Å²) >= 11 is 3.38. The number of nitrogens with one attached hydrogen (secondary N) is 3. The smallest absolute Gasteiger partial charge is 0.412 e. The molecule has 0 radical (unpaired) electrons. The van der Waals surface area contributed by atoms with Crippen LogP contribution in [0.5, 0.6) is 5.75 Å². The fourth-order valence-electron chi connectivity index (χ4n) is 3.34. The second-order valence-electron chi connectivity index (χ2n) is 9.10. The largest absolute Gasteiger partial charge is 0.487 e. The lowest BCUT2D eigenvalue weighted by atomic mass is 9.89. The maximum absolute atomic E-state index is 12.6. The van der Waals surface area contributed by atoms with E-state index in [1.807, 2.05) is 38.1 Å². The van der Waals surface area contributed by atoms with Gasteiger partial charge in [0.2, 0.25) is 0 Å². The van der Waals surface area contributed by atoms with Gasteiger partial charge in [-0.15, -0.1) is 0 Å². The van der Waals surface area contributed by atoms with Crippen molar-refractivity contribution in [2.24, 2.45) is 0 Å².